The van der Waals surface area contributed by atoms with E-state index in [4.69, 9.17) is 23.2 Å². The van der Waals surface area contributed by atoms with E-state index in [1.807, 2.05) is 0 Å². The van der Waals surface area contributed by atoms with Crippen molar-refractivity contribution in [3.05, 3.63) is 74.3 Å². The van der Waals surface area contributed by atoms with Crippen molar-refractivity contribution in [3.8, 4) is 0 Å². The molecular formula is C16H8Cl2N2O4. The van der Waals surface area contributed by atoms with E-state index in [0.29, 0.717) is 16.3 Å². The molecule has 3 rings (SSSR count). The van der Waals surface area contributed by atoms with E-state index in [0.717, 1.165) is 4.90 Å². The van der Waals surface area contributed by atoms with Gasteiger partial charge in [0.1, 0.15) is 0 Å². The Hall–Kier alpha value is -2.70. The second kappa shape index (κ2) is 6.07. The molecule has 0 bridgehead atoms. The zero-order valence-corrected chi connectivity index (χ0v) is 13.4. The summed E-state index contributed by atoms with van der Waals surface area (Å²) < 4.78 is 0. The van der Waals surface area contributed by atoms with Gasteiger partial charge in [-0.3, -0.25) is 19.7 Å². The van der Waals surface area contributed by atoms with Gasteiger partial charge in [0.15, 0.2) is 0 Å². The monoisotopic (exact) mass is 362 g/mol. The summed E-state index contributed by atoms with van der Waals surface area (Å²) in [6, 6.07) is 9.82. The Bertz CT molecular complexity index is 907. The third kappa shape index (κ3) is 2.77. The average molecular weight is 363 g/mol. The number of benzene rings is 2. The largest absolute Gasteiger partial charge is 0.269 e. The number of non-ortho nitro benzene ring substituents is 1. The number of rotatable bonds is 3. The predicted molar refractivity (Wildman–Crippen MR) is 90.0 cm³/mol. The van der Waals surface area contributed by atoms with Crippen molar-refractivity contribution in [1.82, 2.24) is 0 Å². The molecule has 0 aromatic heterocycles. The van der Waals surface area contributed by atoms with E-state index in [1.165, 1.54) is 48.5 Å². The number of nitro groups is 1. The van der Waals surface area contributed by atoms with Crippen LogP contribution in [0.3, 0.4) is 0 Å². The summed E-state index contributed by atoms with van der Waals surface area (Å²) >= 11 is 11.8. The lowest BCUT2D eigenvalue weighted by Crippen LogP contribution is -2.30. The highest BCUT2D eigenvalue weighted by atomic mass is 35.5. The van der Waals surface area contributed by atoms with Crippen LogP contribution in [-0.2, 0) is 9.59 Å². The van der Waals surface area contributed by atoms with E-state index in [-0.39, 0.29) is 16.3 Å². The Kier molecular flexibility index (Phi) is 4.09. The maximum absolute atomic E-state index is 12.6. The van der Waals surface area contributed by atoms with Crippen molar-refractivity contribution in [2.24, 2.45) is 0 Å². The van der Waals surface area contributed by atoms with Crippen molar-refractivity contribution in [3.63, 3.8) is 0 Å². The van der Waals surface area contributed by atoms with Gasteiger partial charge >= 0.3 is 0 Å². The number of hydrogen-bond donors (Lipinski definition) is 0. The first kappa shape index (κ1) is 16.2. The zero-order valence-electron chi connectivity index (χ0n) is 11.9. The minimum Gasteiger partial charge on any atom is -0.269 e. The highest BCUT2D eigenvalue weighted by molar-refractivity contribution is 6.45. The van der Waals surface area contributed by atoms with Crippen LogP contribution in [0.15, 0.2) is 48.5 Å². The van der Waals surface area contributed by atoms with Gasteiger partial charge < -0.3 is 0 Å². The fraction of sp³-hybridized carbons (Fsp3) is 0. The Morgan fingerprint density at radius 2 is 1.62 bits per heavy atom. The van der Waals surface area contributed by atoms with Crippen molar-refractivity contribution in [2.75, 3.05) is 4.90 Å². The number of carbonyl (C=O) groups is 2. The first-order valence-electron chi connectivity index (χ1n) is 6.68. The highest BCUT2D eigenvalue weighted by Crippen LogP contribution is 2.32. The number of hydrogen-bond acceptors (Lipinski definition) is 4. The van der Waals surface area contributed by atoms with Gasteiger partial charge in [-0.15, -0.1) is 0 Å². The molecular weight excluding hydrogens is 355 g/mol. The smallest absolute Gasteiger partial charge is 0.269 e. The summed E-state index contributed by atoms with van der Waals surface area (Å²) in [6.45, 7) is 0. The molecule has 2 aromatic rings. The van der Waals surface area contributed by atoms with E-state index in [1.54, 1.807) is 0 Å². The third-order valence-electron chi connectivity index (χ3n) is 3.47. The van der Waals surface area contributed by atoms with E-state index in [2.05, 4.69) is 0 Å². The van der Waals surface area contributed by atoms with Crippen LogP contribution in [0, 0.1) is 10.1 Å². The Morgan fingerprint density at radius 1 is 0.958 bits per heavy atom. The summed E-state index contributed by atoms with van der Waals surface area (Å²) in [6.07, 6.45) is 1.19. The molecule has 24 heavy (non-hydrogen) atoms. The maximum Gasteiger partial charge on any atom is 0.269 e. The molecule has 2 aromatic carbocycles. The molecule has 1 aliphatic rings. The van der Waals surface area contributed by atoms with E-state index in [9.17, 15) is 19.7 Å². The fourth-order valence-electron chi connectivity index (χ4n) is 2.31. The van der Waals surface area contributed by atoms with Gasteiger partial charge in [-0.05, 0) is 35.9 Å². The summed E-state index contributed by atoms with van der Waals surface area (Å²) in [7, 11) is 0. The Morgan fingerprint density at radius 3 is 2.21 bits per heavy atom. The van der Waals surface area contributed by atoms with E-state index >= 15 is 0 Å². The molecule has 0 saturated carbocycles. The molecule has 0 saturated heterocycles. The lowest BCUT2D eigenvalue weighted by Gasteiger charge is -2.15. The molecule has 0 fully saturated rings. The van der Waals surface area contributed by atoms with Gasteiger partial charge in [-0.25, -0.2) is 4.90 Å². The van der Waals surface area contributed by atoms with E-state index < -0.39 is 16.7 Å². The lowest BCUT2D eigenvalue weighted by atomic mass is 10.1. The Balaban J connectivity index is 1.94. The number of amides is 2. The minimum absolute atomic E-state index is 0.0996. The molecule has 6 nitrogen and oxygen atoms in total. The second-order valence-corrected chi connectivity index (χ2v) is 5.75. The van der Waals surface area contributed by atoms with Gasteiger partial charge in [0, 0.05) is 18.2 Å². The summed E-state index contributed by atoms with van der Waals surface area (Å²) in [5, 5.41) is 11.2. The van der Waals surface area contributed by atoms with Crippen molar-refractivity contribution in [2.45, 2.75) is 0 Å². The molecule has 0 spiro atoms. The zero-order chi connectivity index (χ0) is 17.4. The van der Waals surface area contributed by atoms with Crippen LogP contribution >= 0.6 is 23.2 Å². The molecule has 0 atom stereocenters. The molecule has 0 N–H and O–H groups in total. The van der Waals surface area contributed by atoms with Crippen molar-refractivity contribution < 1.29 is 14.5 Å². The minimum atomic E-state index is -0.540. The molecule has 1 heterocycles. The number of halogens is 2. The van der Waals surface area contributed by atoms with Crippen LogP contribution in [0.5, 0.6) is 0 Å². The number of nitro benzene ring substituents is 1. The summed E-state index contributed by atoms with van der Waals surface area (Å²) in [5.74, 6) is -1.06. The molecule has 2 amide bonds. The topological polar surface area (TPSA) is 80.5 Å². The fourth-order valence-corrected chi connectivity index (χ4v) is 2.60. The first-order valence-corrected chi connectivity index (χ1v) is 7.44. The highest BCUT2D eigenvalue weighted by Gasteiger charge is 2.33. The van der Waals surface area contributed by atoms with Crippen molar-refractivity contribution >= 4 is 52.0 Å². The average Bonchev–Trinajstić information content (AvgIpc) is 2.85. The Labute approximate surface area is 146 Å². The molecule has 8 heteroatoms. The predicted octanol–water partition coefficient (Wildman–Crippen LogP) is 3.86. The maximum atomic E-state index is 12.6. The third-order valence-corrected chi connectivity index (χ3v) is 4.21. The van der Waals surface area contributed by atoms with Gasteiger partial charge in [0.25, 0.3) is 17.5 Å². The molecule has 0 aliphatic carbocycles. The summed E-state index contributed by atoms with van der Waals surface area (Å²) in [4.78, 5) is 35.9. The number of anilines is 1. The SMILES string of the molecule is O=C1C=C(c2ccc([N+](=O)[O-])cc2)C(=O)N1c1ccc(Cl)c(Cl)c1. The molecule has 0 radical (unpaired) electrons. The van der Waals surface area contributed by atoms with Gasteiger partial charge in [-0.2, -0.15) is 0 Å². The molecule has 1 aliphatic heterocycles. The standard InChI is InChI=1S/C16H8Cl2N2O4/c17-13-6-5-11(7-14(13)18)19-15(21)8-12(16(19)22)9-1-3-10(4-2-9)20(23)24/h1-8H. The van der Waals surface area contributed by atoms with Gasteiger partial charge in [0.05, 0.1) is 26.2 Å². The number of nitrogens with zero attached hydrogens (tertiary/aromatic N) is 2. The van der Waals surface area contributed by atoms with Crippen molar-refractivity contribution in [1.29, 1.82) is 0 Å². The number of imide groups is 1. The van der Waals surface area contributed by atoms with Crippen LogP contribution in [0.25, 0.3) is 5.57 Å². The summed E-state index contributed by atoms with van der Waals surface area (Å²) in [5.41, 5.74) is 0.771. The lowest BCUT2D eigenvalue weighted by molar-refractivity contribution is -0.384. The van der Waals surface area contributed by atoms with Crippen LogP contribution in [0.4, 0.5) is 11.4 Å². The quantitative estimate of drug-likeness (QED) is 0.471. The molecule has 120 valence electrons. The number of carbonyl (C=O) groups excluding carboxylic acids is 2. The first-order chi connectivity index (χ1) is 11.4. The van der Waals surface area contributed by atoms with Crippen LogP contribution in [0.1, 0.15) is 5.56 Å². The van der Waals surface area contributed by atoms with Crippen LogP contribution in [-0.4, -0.2) is 16.7 Å². The van der Waals surface area contributed by atoms with Gasteiger partial charge in [0.2, 0.25) is 0 Å². The normalized spacial score (nSPS) is 14.1. The van der Waals surface area contributed by atoms with Crippen LogP contribution < -0.4 is 4.90 Å². The van der Waals surface area contributed by atoms with Crippen LogP contribution in [0.2, 0.25) is 10.0 Å². The second-order valence-electron chi connectivity index (χ2n) is 4.94. The molecule has 0 unspecified atom stereocenters. The van der Waals surface area contributed by atoms with Gasteiger partial charge in [-0.1, -0.05) is 23.2 Å².